The number of pyridine rings is 1. The molecule has 0 spiro atoms. The second kappa shape index (κ2) is 6.39. The van der Waals surface area contributed by atoms with E-state index in [0.717, 1.165) is 17.0 Å². The number of nitrogens with one attached hydrogen (secondary N) is 1. The third-order valence-corrected chi connectivity index (χ3v) is 2.28. The Morgan fingerprint density at radius 3 is 2.56 bits per heavy atom. The second-order valence-corrected chi connectivity index (χ2v) is 3.61. The quantitative estimate of drug-likeness (QED) is 0.646. The van der Waals surface area contributed by atoms with Crippen LogP contribution in [-0.2, 0) is 0 Å². The van der Waals surface area contributed by atoms with Crippen molar-refractivity contribution < 1.29 is 4.74 Å². The molecule has 1 N–H and O–H groups in total. The van der Waals surface area contributed by atoms with Gasteiger partial charge in [0, 0.05) is 12.4 Å². The number of nitrogens with zero attached hydrogens (tertiary/aromatic N) is 2. The van der Waals surface area contributed by atoms with E-state index in [9.17, 15) is 0 Å². The fraction of sp³-hybridized carbons (Fsp3) is 0.143. The zero-order chi connectivity index (χ0) is 12.6. The van der Waals surface area contributed by atoms with Crippen LogP contribution in [0, 0.1) is 0 Å². The summed E-state index contributed by atoms with van der Waals surface area (Å²) in [6.45, 7) is 2.64. The highest BCUT2D eigenvalue weighted by molar-refractivity contribution is 5.80. The summed E-state index contributed by atoms with van der Waals surface area (Å²) < 4.78 is 5.37. The largest absolute Gasteiger partial charge is 0.494 e. The number of rotatable bonds is 5. The Bertz CT molecular complexity index is 494. The van der Waals surface area contributed by atoms with Crippen molar-refractivity contribution in [3.05, 3.63) is 54.4 Å². The maximum Gasteiger partial charge on any atom is 0.119 e. The van der Waals surface area contributed by atoms with E-state index < -0.39 is 0 Å². The number of ether oxygens (including phenoxy) is 1. The monoisotopic (exact) mass is 241 g/mol. The van der Waals surface area contributed by atoms with Crippen molar-refractivity contribution in [2.45, 2.75) is 6.92 Å². The standard InChI is InChI=1S/C14H15N3O/c1-2-18-14-5-3-12(4-6-14)11-16-17-13-7-9-15-10-8-13/h3-11H,2H2,1H3,(H,15,17)/b16-11+. The Kier molecular flexibility index (Phi) is 4.30. The molecule has 0 aliphatic rings. The number of hydrogen-bond acceptors (Lipinski definition) is 4. The van der Waals surface area contributed by atoms with Crippen molar-refractivity contribution in [1.29, 1.82) is 0 Å². The predicted molar refractivity (Wildman–Crippen MR) is 73.1 cm³/mol. The van der Waals surface area contributed by atoms with Gasteiger partial charge in [0.05, 0.1) is 18.5 Å². The van der Waals surface area contributed by atoms with Crippen LogP contribution in [0.2, 0.25) is 0 Å². The number of benzene rings is 1. The Morgan fingerprint density at radius 1 is 1.17 bits per heavy atom. The molecule has 0 amide bonds. The van der Waals surface area contributed by atoms with Crippen molar-refractivity contribution >= 4 is 11.9 Å². The van der Waals surface area contributed by atoms with Crippen LogP contribution in [0.25, 0.3) is 0 Å². The third kappa shape index (κ3) is 3.59. The van der Waals surface area contributed by atoms with Crippen LogP contribution in [0.3, 0.4) is 0 Å². The lowest BCUT2D eigenvalue weighted by Gasteiger charge is -2.02. The van der Waals surface area contributed by atoms with Crippen LogP contribution in [0.15, 0.2) is 53.9 Å². The molecule has 0 radical (unpaired) electrons. The molecule has 0 aliphatic carbocycles. The van der Waals surface area contributed by atoms with Crippen LogP contribution in [0.1, 0.15) is 12.5 Å². The van der Waals surface area contributed by atoms with Crippen LogP contribution in [0.4, 0.5) is 5.69 Å². The van der Waals surface area contributed by atoms with Gasteiger partial charge < -0.3 is 4.74 Å². The van der Waals surface area contributed by atoms with Gasteiger partial charge in [-0.3, -0.25) is 10.4 Å². The van der Waals surface area contributed by atoms with Gasteiger partial charge in [0.2, 0.25) is 0 Å². The first-order chi connectivity index (χ1) is 8.88. The lowest BCUT2D eigenvalue weighted by Crippen LogP contribution is -1.92. The van der Waals surface area contributed by atoms with Gasteiger partial charge in [-0.05, 0) is 48.9 Å². The molecule has 2 rings (SSSR count). The van der Waals surface area contributed by atoms with Gasteiger partial charge in [-0.1, -0.05) is 0 Å². The van der Waals surface area contributed by atoms with Crippen LogP contribution >= 0.6 is 0 Å². The van der Waals surface area contributed by atoms with E-state index in [1.54, 1.807) is 18.6 Å². The summed E-state index contributed by atoms with van der Waals surface area (Å²) in [5.41, 5.74) is 4.85. The van der Waals surface area contributed by atoms with Crippen LogP contribution in [0.5, 0.6) is 5.75 Å². The zero-order valence-corrected chi connectivity index (χ0v) is 10.2. The third-order valence-electron chi connectivity index (χ3n) is 2.28. The van der Waals surface area contributed by atoms with Gasteiger partial charge in [-0.25, -0.2) is 0 Å². The summed E-state index contributed by atoms with van der Waals surface area (Å²) in [7, 11) is 0. The van der Waals surface area contributed by atoms with Crippen LogP contribution in [-0.4, -0.2) is 17.8 Å². The van der Waals surface area contributed by atoms with E-state index >= 15 is 0 Å². The summed E-state index contributed by atoms with van der Waals surface area (Å²) in [5, 5.41) is 4.14. The molecule has 1 aromatic heterocycles. The van der Waals surface area contributed by atoms with E-state index in [4.69, 9.17) is 4.74 Å². The van der Waals surface area contributed by atoms with Gasteiger partial charge in [0.25, 0.3) is 0 Å². The van der Waals surface area contributed by atoms with Crippen molar-refractivity contribution in [2.75, 3.05) is 12.0 Å². The molecule has 0 bridgehead atoms. The average Bonchev–Trinajstić information content (AvgIpc) is 2.42. The first-order valence-electron chi connectivity index (χ1n) is 5.80. The molecular weight excluding hydrogens is 226 g/mol. The number of aromatic nitrogens is 1. The Hall–Kier alpha value is -2.36. The van der Waals surface area contributed by atoms with Crippen molar-refractivity contribution in [1.82, 2.24) is 4.98 Å². The Labute approximate surface area is 106 Å². The minimum atomic E-state index is 0.678. The second-order valence-electron chi connectivity index (χ2n) is 3.61. The first kappa shape index (κ1) is 12.1. The van der Waals surface area contributed by atoms with Crippen molar-refractivity contribution in [2.24, 2.45) is 5.10 Å². The first-order valence-corrected chi connectivity index (χ1v) is 5.80. The summed E-state index contributed by atoms with van der Waals surface area (Å²) >= 11 is 0. The molecule has 0 saturated carbocycles. The molecule has 0 atom stereocenters. The predicted octanol–water partition coefficient (Wildman–Crippen LogP) is 2.93. The van der Waals surface area contributed by atoms with Gasteiger partial charge in [0.15, 0.2) is 0 Å². The number of hydrogen-bond donors (Lipinski definition) is 1. The highest BCUT2D eigenvalue weighted by atomic mass is 16.5. The number of hydrazone groups is 1. The molecule has 0 aliphatic heterocycles. The van der Waals surface area contributed by atoms with E-state index in [1.165, 1.54) is 0 Å². The Morgan fingerprint density at radius 2 is 1.89 bits per heavy atom. The fourth-order valence-electron chi connectivity index (χ4n) is 1.42. The summed E-state index contributed by atoms with van der Waals surface area (Å²) in [4.78, 5) is 3.93. The molecular formula is C14H15N3O. The van der Waals surface area contributed by atoms with E-state index in [0.29, 0.717) is 6.61 Å². The van der Waals surface area contributed by atoms with E-state index in [2.05, 4.69) is 15.5 Å². The highest BCUT2D eigenvalue weighted by Gasteiger charge is 1.92. The van der Waals surface area contributed by atoms with Gasteiger partial charge in [-0.2, -0.15) is 5.10 Å². The summed E-state index contributed by atoms with van der Waals surface area (Å²) in [6.07, 6.45) is 5.19. The Balaban J connectivity index is 1.93. The topological polar surface area (TPSA) is 46.5 Å². The fourth-order valence-corrected chi connectivity index (χ4v) is 1.42. The van der Waals surface area contributed by atoms with Crippen molar-refractivity contribution in [3.63, 3.8) is 0 Å². The normalized spacial score (nSPS) is 10.5. The molecule has 0 unspecified atom stereocenters. The average molecular weight is 241 g/mol. The SMILES string of the molecule is CCOc1ccc(/C=N/Nc2ccncc2)cc1. The van der Waals surface area contributed by atoms with Gasteiger partial charge >= 0.3 is 0 Å². The molecule has 1 aromatic carbocycles. The molecule has 4 heteroatoms. The molecule has 2 aromatic rings. The minimum Gasteiger partial charge on any atom is -0.494 e. The molecule has 92 valence electrons. The molecule has 18 heavy (non-hydrogen) atoms. The lowest BCUT2D eigenvalue weighted by molar-refractivity contribution is 0.340. The summed E-state index contributed by atoms with van der Waals surface area (Å²) in [5.74, 6) is 0.872. The zero-order valence-electron chi connectivity index (χ0n) is 10.2. The van der Waals surface area contributed by atoms with Crippen LogP contribution < -0.4 is 10.2 Å². The van der Waals surface area contributed by atoms with E-state index in [-0.39, 0.29) is 0 Å². The molecule has 1 heterocycles. The lowest BCUT2D eigenvalue weighted by atomic mass is 10.2. The van der Waals surface area contributed by atoms with Crippen molar-refractivity contribution in [3.8, 4) is 5.75 Å². The number of anilines is 1. The maximum atomic E-state index is 5.37. The van der Waals surface area contributed by atoms with Gasteiger partial charge in [0.1, 0.15) is 5.75 Å². The molecule has 4 nitrogen and oxygen atoms in total. The van der Waals surface area contributed by atoms with Gasteiger partial charge in [-0.15, -0.1) is 0 Å². The smallest absolute Gasteiger partial charge is 0.119 e. The minimum absolute atomic E-state index is 0.678. The molecule has 0 saturated heterocycles. The van der Waals surface area contributed by atoms with E-state index in [1.807, 2.05) is 43.3 Å². The summed E-state index contributed by atoms with van der Waals surface area (Å²) in [6, 6.07) is 11.5. The maximum absolute atomic E-state index is 5.37. The highest BCUT2D eigenvalue weighted by Crippen LogP contribution is 2.11. The molecule has 0 fully saturated rings.